The zero-order valence-corrected chi connectivity index (χ0v) is 14.6. The van der Waals surface area contributed by atoms with Crippen LogP contribution in [0.15, 0.2) is 0 Å². The van der Waals surface area contributed by atoms with Gasteiger partial charge in [-0.15, -0.1) is 0 Å². The molecule has 20 heavy (non-hydrogen) atoms. The molecule has 1 saturated heterocycles. The Morgan fingerprint density at radius 3 is 1.90 bits per heavy atom. The van der Waals surface area contributed by atoms with Gasteiger partial charge in [-0.2, -0.15) is 0 Å². The molecular weight excluding hydrogens is 246 g/mol. The normalized spacial score (nSPS) is 18.4. The second-order valence-corrected chi connectivity index (χ2v) is 8.98. The maximum Gasteiger partial charge on any atom is 0.222 e. The Bertz CT molecular complexity index is 300. The third-order valence-corrected chi connectivity index (χ3v) is 4.36. The second kappa shape index (κ2) is 6.95. The van der Waals surface area contributed by atoms with E-state index in [4.69, 9.17) is 0 Å². The first-order valence-electron chi connectivity index (χ1n) is 8.35. The second-order valence-electron chi connectivity index (χ2n) is 8.98. The van der Waals surface area contributed by atoms with Crippen molar-refractivity contribution in [1.29, 1.82) is 0 Å². The minimum Gasteiger partial charge on any atom is -0.343 e. The van der Waals surface area contributed by atoms with Crippen molar-refractivity contribution in [1.82, 2.24) is 4.90 Å². The highest BCUT2D eigenvalue weighted by atomic mass is 16.2. The van der Waals surface area contributed by atoms with Crippen molar-refractivity contribution in [2.45, 2.75) is 80.1 Å². The highest BCUT2D eigenvalue weighted by Gasteiger charge is 2.24. The minimum atomic E-state index is 0.265. The van der Waals surface area contributed by atoms with Gasteiger partial charge in [0.25, 0.3) is 0 Å². The number of piperidine rings is 1. The third kappa shape index (κ3) is 7.31. The molecule has 0 aromatic rings. The molecule has 1 fully saturated rings. The van der Waals surface area contributed by atoms with Crippen molar-refractivity contribution in [2.75, 3.05) is 13.1 Å². The molecule has 0 unspecified atom stereocenters. The number of rotatable bonds is 4. The van der Waals surface area contributed by atoms with Gasteiger partial charge in [0.1, 0.15) is 0 Å². The molecule has 0 aliphatic carbocycles. The number of likely N-dealkylation sites (tertiary alicyclic amines) is 1. The van der Waals surface area contributed by atoms with Gasteiger partial charge in [0, 0.05) is 19.5 Å². The first-order chi connectivity index (χ1) is 9.07. The van der Waals surface area contributed by atoms with E-state index in [0.29, 0.717) is 11.3 Å². The first-order valence-corrected chi connectivity index (χ1v) is 8.35. The molecule has 0 spiro atoms. The van der Waals surface area contributed by atoms with Gasteiger partial charge in [-0.25, -0.2) is 0 Å². The molecule has 0 aromatic carbocycles. The predicted molar refractivity (Wildman–Crippen MR) is 86.7 cm³/mol. The monoisotopic (exact) mass is 281 g/mol. The molecule has 0 atom stereocenters. The Hall–Kier alpha value is -0.530. The fourth-order valence-electron chi connectivity index (χ4n) is 2.75. The van der Waals surface area contributed by atoms with E-state index in [1.54, 1.807) is 0 Å². The zero-order valence-electron chi connectivity index (χ0n) is 14.6. The summed E-state index contributed by atoms with van der Waals surface area (Å²) in [5.41, 5.74) is 0.709. The summed E-state index contributed by atoms with van der Waals surface area (Å²) < 4.78 is 0. The molecule has 1 heterocycles. The highest BCUT2D eigenvalue weighted by Crippen LogP contribution is 2.29. The summed E-state index contributed by atoms with van der Waals surface area (Å²) in [5, 5.41) is 0. The first kappa shape index (κ1) is 17.5. The zero-order chi connectivity index (χ0) is 15.4. The maximum atomic E-state index is 12.2. The molecule has 1 amide bonds. The van der Waals surface area contributed by atoms with E-state index in [9.17, 15) is 4.79 Å². The molecule has 0 N–H and O–H groups in total. The summed E-state index contributed by atoms with van der Waals surface area (Å²) in [6, 6.07) is 0. The Morgan fingerprint density at radius 2 is 1.45 bits per heavy atom. The number of nitrogens with zero attached hydrogens (tertiary/aromatic N) is 1. The molecule has 118 valence electrons. The highest BCUT2D eigenvalue weighted by molar-refractivity contribution is 5.76. The molecule has 1 aliphatic heterocycles. The van der Waals surface area contributed by atoms with Crippen molar-refractivity contribution >= 4 is 5.91 Å². The van der Waals surface area contributed by atoms with Crippen LogP contribution in [0.5, 0.6) is 0 Å². The summed E-state index contributed by atoms with van der Waals surface area (Å²) >= 11 is 0. The van der Waals surface area contributed by atoms with Crippen LogP contribution in [0.25, 0.3) is 0 Å². The molecule has 1 rings (SSSR count). The molecular formula is C18H35NO. The lowest BCUT2D eigenvalue weighted by molar-refractivity contribution is -0.133. The predicted octanol–water partition coefficient (Wildman–Crippen LogP) is 4.88. The minimum absolute atomic E-state index is 0.265. The Balaban J connectivity index is 2.26. The molecule has 2 heteroatoms. The van der Waals surface area contributed by atoms with Crippen molar-refractivity contribution in [3.8, 4) is 0 Å². The fraction of sp³-hybridized carbons (Fsp3) is 0.944. The van der Waals surface area contributed by atoms with E-state index in [2.05, 4.69) is 46.4 Å². The van der Waals surface area contributed by atoms with Gasteiger partial charge >= 0.3 is 0 Å². The van der Waals surface area contributed by atoms with Crippen molar-refractivity contribution in [3.63, 3.8) is 0 Å². The molecule has 0 radical (unpaired) electrons. The number of carbonyl (C=O) groups is 1. The third-order valence-electron chi connectivity index (χ3n) is 4.36. The lowest BCUT2D eigenvalue weighted by atomic mass is 9.83. The molecule has 1 aliphatic rings. The van der Waals surface area contributed by atoms with Crippen molar-refractivity contribution < 1.29 is 4.79 Å². The van der Waals surface area contributed by atoms with Gasteiger partial charge < -0.3 is 4.90 Å². The van der Waals surface area contributed by atoms with Gasteiger partial charge in [0.05, 0.1) is 0 Å². The fourth-order valence-corrected chi connectivity index (χ4v) is 2.75. The summed E-state index contributed by atoms with van der Waals surface area (Å²) in [6.07, 6.45) is 6.75. The quantitative estimate of drug-likeness (QED) is 0.719. The number of hydrogen-bond acceptors (Lipinski definition) is 1. The van der Waals surface area contributed by atoms with Crippen LogP contribution in [-0.4, -0.2) is 23.9 Å². The molecule has 0 aromatic heterocycles. The van der Waals surface area contributed by atoms with Crippen LogP contribution in [0.3, 0.4) is 0 Å². The Kier molecular flexibility index (Phi) is 6.09. The van der Waals surface area contributed by atoms with Crippen LogP contribution >= 0.6 is 0 Å². The van der Waals surface area contributed by atoms with Gasteiger partial charge in [-0.1, -0.05) is 41.5 Å². The van der Waals surface area contributed by atoms with Crippen LogP contribution in [0, 0.1) is 16.7 Å². The number of carbonyl (C=O) groups excluding carboxylic acids is 1. The van der Waals surface area contributed by atoms with Crippen LogP contribution in [0.1, 0.15) is 80.1 Å². The van der Waals surface area contributed by atoms with E-state index in [0.717, 1.165) is 31.8 Å². The van der Waals surface area contributed by atoms with E-state index in [-0.39, 0.29) is 5.41 Å². The lowest BCUT2D eigenvalue weighted by Gasteiger charge is -2.34. The maximum absolute atomic E-state index is 12.2. The smallest absolute Gasteiger partial charge is 0.222 e. The summed E-state index contributed by atoms with van der Waals surface area (Å²) in [6.45, 7) is 15.5. The molecule has 2 nitrogen and oxygen atoms in total. The summed E-state index contributed by atoms with van der Waals surface area (Å²) in [7, 11) is 0. The largest absolute Gasteiger partial charge is 0.343 e. The van der Waals surface area contributed by atoms with Crippen LogP contribution in [0.2, 0.25) is 0 Å². The van der Waals surface area contributed by atoms with Gasteiger partial charge in [0.2, 0.25) is 5.91 Å². The average molecular weight is 281 g/mol. The van der Waals surface area contributed by atoms with Crippen LogP contribution in [-0.2, 0) is 4.79 Å². The number of amides is 1. The van der Waals surface area contributed by atoms with E-state index >= 15 is 0 Å². The van der Waals surface area contributed by atoms with Gasteiger partial charge in [-0.3, -0.25) is 4.79 Å². The lowest BCUT2D eigenvalue weighted by Crippen LogP contribution is -2.38. The standard InChI is InChI=1S/C18H35NO/c1-17(2,3)11-7-15-9-13-19(14-10-15)16(20)8-12-18(4,5)6/h15H,7-14H2,1-6H3. The Morgan fingerprint density at radius 1 is 0.950 bits per heavy atom. The summed E-state index contributed by atoms with van der Waals surface area (Å²) in [5.74, 6) is 1.20. The van der Waals surface area contributed by atoms with E-state index in [1.807, 2.05) is 0 Å². The number of hydrogen-bond donors (Lipinski definition) is 0. The van der Waals surface area contributed by atoms with E-state index in [1.165, 1.54) is 25.7 Å². The molecule has 0 bridgehead atoms. The van der Waals surface area contributed by atoms with Crippen LogP contribution in [0.4, 0.5) is 0 Å². The van der Waals surface area contributed by atoms with Crippen molar-refractivity contribution in [3.05, 3.63) is 0 Å². The topological polar surface area (TPSA) is 20.3 Å². The average Bonchev–Trinajstić information content (AvgIpc) is 2.32. The molecule has 0 saturated carbocycles. The summed E-state index contributed by atoms with van der Waals surface area (Å²) in [4.78, 5) is 14.3. The van der Waals surface area contributed by atoms with Crippen molar-refractivity contribution in [2.24, 2.45) is 16.7 Å². The SMILES string of the molecule is CC(C)(C)CCC(=O)N1CCC(CCC(C)(C)C)CC1. The Labute approximate surface area is 126 Å². The van der Waals surface area contributed by atoms with E-state index < -0.39 is 0 Å². The van der Waals surface area contributed by atoms with Gasteiger partial charge in [-0.05, 0) is 48.9 Å². The van der Waals surface area contributed by atoms with Crippen LogP contribution < -0.4 is 0 Å². The van der Waals surface area contributed by atoms with Gasteiger partial charge in [0.15, 0.2) is 0 Å².